The van der Waals surface area contributed by atoms with Crippen LogP contribution >= 0.6 is 11.6 Å². The van der Waals surface area contributed by atoms with Crippen LogP contribution in [0, 0.1) is 6.92 Å². The lowest BCUT2D eigenvalue weighted by atomic mass is 10.5. The first kappa shape index (κ1) is 13.8. The molecule has 0 spiro atoms. The maximum Gasteiger partial charge on any atom is 0.226 e. The number of nitrogens with zero attached hydrogens (tertiary/aromatic N) is 4. The number of aromatic nitrogens is 4. The zero-order valence-corrected chi connectivity index (χ0v) is 11.8. The number of aryl methyl sites for hydroxylation is 2. The van der Waals surface area contributed by atoms with Gasteiger partial charge in [0, 0.05) is 25.8 Å². The molecule has 2 aromatic heterocycles. The zero-order chi connectivity index (χ0) is 13.8. The van der Waals surface area contributed by atoms with E-state index in [-0.39, 0.29) is 0 Å². The van der Waals surface area contributed by atoms with Gasteiger partial charge >= 0.3 is 0 Å². The maximum atomic E-state index is 5.93. The Kier molecular flexibility index (Phi) is 4.34. The Morgan fingerprint density at radius 1 is 1.32 bits per heavy atom. The Bertz CT molecular complexity index is 571. The average molecular weight is 283 g/mol. The molecule has 2 aromatic rings. The summed E-state index contributed by atoms with van der Waals surface area (Å²) in [6.07, 6.45) is 0. The molecule has 0 saturated heterocycles. The highest BCUT2D eigenvalue weighted by Crippen LogP contribution is 2.22. The minimum absolute atomic E-state index is 0.303. The topological polar surface area (TPSA) is 62.1 Å². The summed E-state index contributed by atoms with van der Waals surface area (Å²) in [5.41, 5.74) is 0.868. The highest BCUT2D eigenvalue weighted by Gasteiger charge is 2.09. The molecule has 0 saturated carbocycles. The van der Waals surface area contributed by atoms with Crippen molar-refractivity contribution in [2.24, 2.45) is 7.05 Å². The van der Waals surface area contributed by atoms with Gasteiger partial charge in [0.15, 0.2) is 5.82 Å². The van der Waals surface area contributed by atoms with Gasteiger partial charge in [0.05, 0.1) is 5.69 Å². The molecular formula is C12H15ClN4O2. The first-order valence-corrected chi connectivity index (χ1v) is 6.26. The molecule has 0 aliphatic heterocycles. The van der Waals surface area contributed by atoms with E-state index in [1.54, 1.807) is 17.8 Å². The largest absolute Gasteiger partial charge is 0.421 e. The third-order valence-corrected chi connectivity index (χ3v) is 2.51. The molecule has 6 nitrogen and oxygen atoms in total. The minimum Gasteiger partial charge on any atom is -0.421 e. The fraction of sp³-hybridized carbons (Fsp3) is 0.417. The summed E-state index contributed by atoms with van der Waals surface area (Å²) < 4.78 is 12.5. The van der Waals surface area contributed by atoms with Crippen LogP contribution in [0.2, 0.25) is 5.15 Å². The van der Waals surface area contributed by atoms with Crippen molar-refractivity contribution in [1.82, 2.24) is 19.7 Å². The molecule has 0 unspecified atom stereocenters. The van der Waals surface area contributed by atoms with Gasteiger partial charge in [-0.05, 0) is 13.8 Å². The van der Waals surface area contributed by atoms with E-state index in [2.05, 4.69) is 15.1 Å². The molecule has 0 fully saturated rings. The minimum atomic E-state index is 0.303. The lowest BCUT2D eigenvalue weighted by molar-refractivity contribution is 0.127. The summed E-state index contributed by atoms with van der Waals surface area (Å²) in [6.45, 7) is 4.69. The van der Waals surface area contributed by atoms with E-state index in [1.165, 1.54) is 0 Å². The summed E-state index contributed by atoms with van der Waals surface area (Å²) in [5, 5.41) is 4.51. The molecule has 19 heavy (non-hydrogen) atoms. The Balaban J connectivity index is 2.20. The van der Waals surface area contributed by atoms with Gasteiger partial charge in [0.25, 0.3) is 0 Å². The van der Waals surface area contributed by atoms with E-state index in [9.17, 15) is 0 Å². The smallest absolute Gasteiger partial charge is 0.226 e. The quantitative estimate of drug-likeness (QED) is 0.789. The van der Waals surface area contributed by atoms with Crippen molar-refractivity contribution in [3.05, 3.63) is 28.8 Å². The molecule has 0 amide bonds. The molecule has 0 N–H and O–H groups in total. The molecule has 2 rings (SSSR count). The van der Waals surface area contributed by atoms with Gasteiger partial charge in [0.2, 0.25) is 11.8 Å². The molecule has 0 aliphatic rings. The number of hydrogen-bond acceptors (Lipinski definition) is 5. The van der Waals surface area contributed by atoms with Crippen LogP contribution in [0.3, 0.4) is 0 Å². The Morgan fingerprint density at radius 3 is 2.74 bits per heavy atom. The molecule has 0 atom stereocenters. The van der Waals surface area contributed by atoms with Crippen molar-refractivity contribution in [2.45, 2.75) is 20.5 Å². The summed E-state index contributed by atoms with van der Waals surface area (Å²) in [6, 6.07) is 3.37. The third kappa shape index (κ3) is 3.65. The first-order valence-electron chi connectivity index (χ1n) is 5.88. The van der Waals surface area contributed by atoms with Crippen molar-refractivity contribution >= 4 is 11.6 Å². The van der Waals surface area contributed by atoms with Crippen LogP contribution in [0.1, 0.15) is 18.4 Å². The number of halogens is 1. The Labute approximate surface area is 116 Å². The lowest BCUT2D eigenvalue weighted by Gasteiger charge is -2.06. The van der Waals surface area contributed by atoms with Crippen molar-refractivity contribution in [3.63, 3.8) is 0 Å². The van der Waals surface area contributed by atoms with E-state index >= 15 is 0 Å². The zero-order valence-electron chi connectivity index (χ0n) is 11.1. The van der Waals surface area contributed by atoms with Gasteiger partial charge in [-0.3, -0.25) is 0 Å². The SMILES string of the molecule is CCOCc1nc(Cl)cc(Oc2cc(C)nn2C)n1. The lowest BCUT2D eigenvalue weighted by Crippen LogP contribution is -2.02. The standard InChI is InChI=1S/C12H15ClN4O2/c1-4-18-7-10-14-9(13)6-11(15-10)19-12-5-8(2)16-17(12)3/h5-6H,4,7H2,1-3H3. The molecule has 0 radical (unpaired) electrons. The van der Waals surface area contributed by atoms with Crippen LogP contribution in [0.4, 0.5) is 0 Å². The highest BCUT2D eigenvalue weighted by atomic mass is 35.5. The summed E-state index contributed by atoms with van der Waals surface area (Å²) in [4.78, 5) is 8.30. The summed E-state index contributed by atoms with van der Waals surface area (Å²) in [5.74, 6) is 1.45. The van der Waals surface area contributed by atoms with Crippen molar-refractivity contribution in [2.75, 3.05) is 6.61 Å². The highest BCUT2D eigenvalue weighted by molar-refractivity contribution is 6.29. The molecule has 102 valence electrons. The predicted octanol–water partition coefficient (Wildman–Crippen LogP) is 2.50. The van der Waals surface area contributed by atoms with E-state index in [0.717, 1.165) is 5.69 Å². The van der Waals surface area contributed by atoms with Gasteiger partial charge in [-0.15, -0.1) is 0 Å². The summed E-state index contributed by atoms with van der Waals surface area (Å²) in [7, 11) is 1.80. The van der Waals surface area contributed by atoms with Crippen LogP contribution in [0.25, 0.3) is 0 Å². The van der Waals surface area contributed by atoms with Crippen molar-refractivity contribution in [3.8, 4) is 11.8 Å². The van der Waals surface area contributed by atoms with Gasteiger partial charge in [-0.25, -0.2) is 9.67 Å². The van der Waals surface area contributed by atoms with Gasteiger partial charge in [-0.2, -0.15) is 10.1 Å². The molecular weight excluding hydrogens is 268 g/mol. The number of ether oxygens (including phenoxy) is 2. The van der Waals surface area contributed by atoms with E-state index in [0.29, 0.717) is 36.0 Å². The van der Waals surface area contributed by atoms with Crippen LogP contribution < -0.4 is 4.74 Å². The van der Waals surface area contributed by atoms with E-state index < -0.39 is 0 Å². The molecule has 0 aliphatic carbocycles. The van der Waals surface area contributed by atoms with Gasteiger partial charge in [-0.1, -0.05) is 11.6 Å². The number of rotatable bonds is 5. The number of hydrogen-bond donors (Lipinski definition) is 0. The van der Waals surface area contributed by atoms with Crippen LogP contribution in [-0.2, 0) is 18.4 Å². The Morgan fingerprint density at radius 2 is 2.11 bits per heavy atom. The molecule has 2 heterocycles. The van der Waals surface area contributed by atoms with Crippen LogP contribution in [0.5, 0.6) is 11.8 Å². The van der Waals surface area contributed by atoms with Crippen LogP contribution in [-0.4, -0.2) is 26.4 Å². The van der Waals surface area contributed by atoms with Crippen molar-refractivity contribution in [1.29, 1.82) is 0 Å². The molecule has 0 aromatic carbocycles. The van der Waals surface area contributed by atoms with Gasteiger partial charge in [0.1, 0.15) is 11.8 Å². The van der Waals surface area contributed by atoms with E-state index in [1.807, 2.05) is 19.9 Å². The second-order valence-corrected chi connectivity index (χ2v) is 4.32. The van der Waals surface area contributed by atoms with Gasteiger partial charge < -0.3 is 9.47 Å². The molecule has 7 heteroatoms. The second-order valence-electron chi connectivity index (χ2n) is 3.93. The van der Waals surface area contributed by atoms with Crippen molar-refractivity contribution < 1.29 is 9.47 Å². The Hall–Kier alpha value is -1.66. The monoisotopic (exact) mass is 282 g/mol. The fourth-order valence-corrected chi connectivity index (χ4v) is 1.73. The molecule has 0 bridgehead atoms. The summed E-state index contributed by atoms with van der Waals surface area (Å²) >= 11 is 5.93. The maximum absolute atomic E-state index is 5.93. The fourth-order valence-electron chi connectivity index (χ4n) is 1.54. The first-order chi connectivity index (χ1) is 9.08. The normalized spacial score (nSPS) is 10.7. The second kappa shape index (κ2) is 5.99. The average Bonchev–Trinajstić information content (AvgIpc) is 2.64. The van der Waals surface area contributed by atoms with E-state index in [4.69, 9.17) is 21.1 Å². The predicted molar refractivity (Wildman–Crippen MR) is 70.4 cm³/mol. The third-order valence-electron chi connectivity index (χ3n) is 2.32. The van der Waals surface area contributed by atoms with Crippen LogP contribution in [0.15, 0.2) is 12.1 Å².